The molecule has 0 radical (unpaired) electrons. The number of carboxylic acids is 1. The first-order valence-corrected chi connectivity index (χ1v) is 7.91. The van der Waals surface area contributed by atoms with E-state index in [2.05, 4.69) is 0 Å². The van der Waals surface area contributed by atoms with Gasteiger partial charge >= 0.3 is 5.97 Å². The van der Waals surface area contributed by atoms with Crippen molar-refractivity contribution in [3.05, 3.63) is 0 Å². The van der Waals surface area contributed by atoms with Crippen molar-refractivity contribution in [3.8, 4) is 0 Å². The highest BCUT2D eigenvalue weighted by Gasteiger charge is 2.39. The number of aliphatic carboxylic acids is 1. The van der Waals surface area contributed by atoms with Gasteiger partial charge in [-0.1, -0.05) is 0 Å². The lowest BCUT2D eigenvalue weighted by molar-refractivity contribution is -0.140. The number of sulfonamides is 1. The second kappa shape index (κ2) is 5.54. The maximum absolute atomic E-state index is 12.2. The minimum Gasteiger partial charge on any atom is -0.480 e. The third kappa shape index (κ3) is 3.02. The van der Waals surface area contributed by atoms with E-state index in [1.54, 1.807) is 0 Å². The normalized spacial score (nSPS) is 27.4. The van der Waals surface area contributed by atoms with E-state index in [9.17, 15) is 13.2 Å². The summed E-state index contributed by atoms with van der Waals surface area (Å²) in [6.07, 6.45) is 2.53. The minimum atomic E-state index is -3.46. The molecule has 2 fully saturated rings. The smallest absolute Gasteiger partial charge is 0.322 e. The van der Waals surface area contributed by atoms with Crippen molar-refractivity contribution in [2.45, 2.75) is 31.7 Å². The molecule has 2 saturated heterocycles. The van der Waals surface area contributed by atoms with Gasteiger partial charge in [-0.3, -0.25) is 4.79 Å². The Morgan fingerprint density at radius 2 is 1.94 bits per heavy atom. The molecule has 1 atom stereocenters. The van der Waals surface area contributed by atoms with Crippen molar-refractivity contribution < 1.29 is 23.1 Å². The number of rotatable bonds is 4. The first kappa shape index (κ1) is 13.8. The highest BCUT2D eigenvalue weighted by molar-refractivity contribution is 7.89. The van der Waals surface area contributed by atoms with E-state index in [4.69, 9.17) is 9.84 Å². The zero-order chi connectivity index (χ0) is 13.2. The Morgan fingerprint density at radius 3 is 2.56 bits per heavy atom. The van der Waals surface area contributed by atoms with Crippen LogP contribution in [-0.2, 0) is 19.6 Å². The molecule has 0 aromatic rings. The van der Waals surface area contributed by atoms with E-state index in [1.807, 2.05) is 0 Å². The van der Waals surface area contributed by atoms with E-state index in [0.29, 0.717) is 32.6 Å². The van der Waals surface area contributed by atoms with Crippen molar-refractivity contribution >= 4 is 16.0 Å². The van der Waals surface area contributed by atoms with Gasteiger partial charge in [-0.25, -0.2) is 8.42 Å². The average molecular weight is 277 g/mol. The molecule has 6 nitrogen and oxygen atoms in total. The molecule has 18 heavy (non-hydrogen) atoms. The van der Waals surface area contributed by atoms with Crippen LogP contribution in [0.5, 0.6) is 0 Å². The van der Waals surface area contributed by atoms with Crippen LogP contribution < -0.4 is 0 Å². The number of ether oxygens (including phenoxy) is 1. The van der Waals surface area contributed by atoms with Crippen LogP contribution in [0, 0.1) is 5.92 Å². The lowest BCUT2D eigenvalue weighted by Crippen LogP contribution is -2.43. The van der Waals surface area contributed by atoms with Crippen molar-refractivity contribution in [2.24, 2.45) is 5.92 Å². The molecule has 1 N–H and O–H groups in total. The predicted octanol–water partition coefficient (Wildman–Crippen LogP) is 0.292. The largest absolute Gasteiger partial charge is 0.480 e. The van der Waals surface area contributed by atoms with Crippen LogP contribution in [0.3, 0.4) is 0 Å². The quantitative estimate of drug-likeness (QED) is 0.798. The minimum absolute atomic E-state index is 0.0557. The zero-order valence-electron chi connectivity index (χ0n) is 10.2. The van der Waals surface area contributed by atoms with Crippen molar-refractivity contribution in [2.75, 3.05) is 25.5 Å². The summed E-state index contributed by atoms with van der Waals surface area (Å²) >= 11 is 0. The molecule has 2 aliphatic rings. The topological polar surface area (TPSA) is 83.9 Å². The lowest BCUT2D eigenvalue weighted by Gasteiger charge is -2.26. The Balaban J connectivity index is 2.03. The molecule has 0 aromatic heterocycles. The van der Waals surface area contributed by atoms with E-state index in [-0.39, 0.29) is 11.7 Å². The first-order chi connectivity index (χ1) is 8.50. The second-order valence-corrected chi connectivity index (χ2v) is 6.91. The molecule has 0 amide bonds. The molecule has 0 aliphatic carbocycles. The van der Waals surface area contributed by atoms with Crippen LogP contribution >= 0.6 is 0 Å². The molecule has 0 spiro atoms. The fraction of sp³-hybridized carbons (Fsp3) is 0.909. The first-order valence-electron chi connectivity index (χ1n) is 6.31. The molecular formula is C11H19NO5S. The van der Waals surface area contributed by atoms with E-state index >= 15 is 0 Å². The summed E-state index contributed by atoms with van der Waals surface area (Å²) in [5, 5.41) is 9.03. The molecule has 104 valence electrons. The van der Waals surface area contributed by atoms with E-state index < -0.39 is 22.0 Å². The maximum Gasteiger partial charge on any atom is 0.322 e. The number of carboxylic acid groups (broad SMARTS) is 1. The van der Waals surface area contributed by atoms with E-state index in [0.717, 1.165) is 12.8 Å². The molecule has 2 heterocycles. The summed E-state index contributed by atoms with van der Waals surface area (Å²) in [6, 6.07) is -0.866. The Kier molecular flexibility index (Phi) is 4.24. The maximum atomic E-state index is 12.2. The molecular weight excluding hydrogens is 258 g/mol. The summed E-state index contributed by atoms with van der Waals surface area (Å²) in [5.74, 6) is -0.887. The lowest BCUT2D eigenvalue weighted by atomic mass is 10.0. The number of carbonyl (C=O) groups is 1. The van der Waals surface area contributed by atoms with Gasteiger partial charge in [-0.15, -0.1) is 0 Å². The monoisotopic (exact) mass is 277 g/mol. The summed E-state index contributed by atoms with van der Waals surface area (Å²) < 4.78 is 30.8. The van der Waals surface area contributed by atoms with Crippen molar-refractivity contribution in [1.29, 1.82) is 0 Å². The van der Waals surface area contributed by atoms with Crippen LogP contribution in [0.1, 0.15) is 25.7 Å². The summed E-state index contributed by atoms with van der Waals surface area (Å²) in [5.41, 5.74) is 0. The van der Waals surface area contributed by atoms with Gasteiger partial charge in [0.1, 0.15) is 6.04 Å². The molecule has 0 saturated carbocycles. The standard InChI is InChI=1S/C11H19NO5S/c13-11(14)10-2-1-5-12(10)18(15,16)8-9-3-6-17-7-4-9/h9-10H,1-8H2,(H,13,14)/t10-/m0/s1. The van der Waals surface area contributed by atoms with Crippen molar-refractivity contribution in [1.82, 2.24) is 4.31 Å². The Hall–Kier alpha value is -0.660. The molecule has 2 rings (SSSR count). The van der Waals surface area contributed by atoms with Gasteiger partial charge < -0.3 is 9.84 Å². The second-order valence-electron chi connectivity index (χ2n) is 4.94. The Morgan fingerprint density at radius 1 is 1.28 bits per heavy atom. The van der Waals surface area contributed by atoms with Crippen LogP contribution in [0.4, 0.5) is 0 Å². The van der Waals surface area contributed by atoms with Gasteiger partial charge in [0.2, 0.25) is 10.0 Å². The third-order valence-electron chi connectivity index (χ3n) is 3.63. The van der Waals surface area contributed by atoms with Gasteiger partial charge in [-0.05, 0) is 31.6 Å². The molecule has 0 unspecified atom stereocenters. The molecule has 0 bridgehead atoms. The highest BCUT2D eigenvalue weighted by Crippen LogP contribution is 2.25. The van der Waals surface area contributed by atoms with Crippen molar-refractivity contribution in [3.63, 3.8) is 0 Å². The SMILES string of the molecule is O=C(O)[C@@H]1CCCN1S(=O)(=O)CC1CCOCC1. The van der Waals surface area contributed by atoms with Gasteiger partial charge in [-0.2, -0.15) is 4.31 Å². The highest BCUT2D eigenvalue weighted by atomic mass is 32.2. The van der Waals surface area contributed by atoms with Crippen LogP contribution in [0.25, 0.3) is 0 Å². The third-order valence-corrected chi connectivity index (χ3v) is 5.68. The summed E-state index contributed by atoms with van der Waals surface area (Å²) in [7, 11) is -3.46. The predicted molar refractivity (Wildman–Crippen MR) is 64.7 cm³/mol. The number of hydrogen-bond acceptors (Lipinski definition) is 4. The zero-order valence-corrected chi connectivity index (χ0v) is 11.1. The number of hydrogen-bond donors (Lipinski definition) is 1. The van der Waals surface area contributed by atoms with Gasteiger partial charge in [0.15, 0.2) is 0 Å². The van der Waals surface area contributed by atoms with Gasteiger partial charge in [0.25, 0.3) is 0 Å². The average Bonchev–Trinajstić information content (AvgIpc) is 2.79. The fourth-order valence-electron chi connectivity index (χ4n) is 2.63. The fourth-order valence-corrected chi connectivity index (χ4v) is 4.74. The summed E-state index contributed by atoms with van der Waals surface area (Å²) in [6.45, 7) is 1.54. The Bertz CT molecular complexity index is 402. The van der Waals surface area contributed by atoms with Crippen LogP contribution in [0.2, 0.25) is 0 Å². The van der Waals surface area contributed by atoms with Crippen LogP contribution in [0.15, 0.2) is 0 Å². The van der Waals surface area contributed by atoms with Gasteiger partial charge in [0.05, 0.1) is 5.75 Å². The molecule has 0 aromatic carbocycles. The summed E-state index contributed by atoms with van der Waals surface area (Å²) in [4.78, 5) is 11.0. The molecule has 7 heteroatoms. The Labute approximate surface area is 107 Å². The van der Waals surface area contributed by atoms with E-state index in [1.165, 1.54) is 4.31 Å². The van der Waals surface area contributed by atoms with Crippen LogP contribution in [-0.4, -0.2) is 55.4 Å². The number of nitrogens with zero attached hydrogens (tertiary/aromatic N) is 1. The molecule has 2 aliphatic heterocycles. The van der Waals surface area contributed by atoms with Gasteiger partial charge in [0, 0.05) is 19.8 Å².